The maximum Gasteiger partial charge on any atom is 0.243 e. The van der Waals surface area contributed by atoms with E-state index in [1.165, 1.54) is 19.3 Å². The molecular weight excluding hydrogens is 545 g/mol. The molecule has 0 bridgehead atoms. The zero-order valence-electron chi connectivity index (χ0n) is 22.7. The number of alkyl halides is 1. The average Bonchev–Trinajstić information content (AvgIpc) is 3.76. The first-order chi connectivity index (χ1) is 20.1. The molecule has 2 aromatic carbocycles. The first-order valence-electron chi connectivity index (χ1n) is 14.4. The maximum atomic E-state index is 16.3. The molecule has 0 N–H and O–H groups in total. The lowest BCUT2D eigenvalue weighted by Crippen LogP contribution is -2.34. The summed E-state index contributed by atoms with van der Waals surface area (Å²) in [6.45, 7) is 2.70. The van der Waals surface area contributed by atoms with Crippen molar-refractivity contribution in [2.75, 3.05) is 24.6 Å². The summed E-state index contributed by atoms with van der Waals surface area (Å²) in [5.41, 5.74) is 3.04. The number of anilines is 1. The van der Waals surface area contributed by atoms with Crippen molar-refractivity contribution in [1.29, 1.82) is 0 Å². The third kappa shape index (κ3) is 5.44. The second-order valence-electron chi connectivity index (χ2n) is 11.3. The van der Waals surface area contributed by atoms with Gasteiger partial charge in [0.05, 0.1) is 31.7 Å². The summed E-state index contributed by atoms with van der Waals surface area (Å²) in [7, 11) is 0. The summed E-state index contributed by atoms with van der Waals surface area (Å²) in [5.74, 6) is 2.04. The number of aromatic nitrogens is 4. The molecule has 8 nitrogen and oxygen atoms in total. The van der Waals surface area contributed by atoms with Crippen LogP contribution in [0.2, 0.25) is 5.28 Å². The first-order valence-corrected chi connectivity index (χ1v) is 14.7. The molecule has 3 aliphatic rings. The number of hydrogen-bond acceptors (Lipinski definition) is 7. The molecule has 2 aliphatic heterocycles. The molecule has 7 rings (SSSR count). The molecule has 0 radical (unpaired) electrons. The van der Waals surface area contributed by atoms with Gasteiger partial charge in [0.2, 0.25) is 5.28 Å². The van der Waals surface area contributed by atoms with Crippen molar-refractivity contribution in [2.45, 2.75) is 57.0 Å². The van der Waals surface area contributed by atoms with E-state index in [9.17, 15) is 0 Å². The number of halogens is 2. The van der Waals surface area contributed by atoms with E-state index < -0.39 is 24.5 Å². The summed E-state index contributed by atoms with van der Waals surface area (Å²) in [4.78, 5) is 11.4. The van der Waals surface area contributed by atoms with Crippen molar-refractivity contribution >= 4 is 23.1 Å². The molecule has 3 unspecified atom stereocenters. The van der Waals surface area contributed by atoms with Gasteiger partial charge in [-0.05, 0) is 47.4 Å². The van der Waals surface area contributed by atoms with E-state index in [1.54, 1.807) is 10.7 Å². The molecule has 2 saturated heterocycles. The van der Waals surface area contributed by atoms with Gasteiger partial charge in [0.25, 0.3) is 0 Å². The minimum absolute atomic E-state index is 0.0943. The molecule has 1 saturated carbocycles. The van der Waals surface area contributed by atoms with Crippen molar-refractivity contribution in [3.8, 4) is 0 Å². The fourth-order valence-electron chi connectivity index (χ4n) is 6.59. The monoisotopic (exact) mass is 577 g/mol. The fraction of sp³-hybridized carbons (Fsp3) is 0.452. The molecule has 41 heavy (non-hydrogen) atoms. The Hall–Kier alpha value is -3.11. The van der Waals surface area contributed by atoms with Crippen LogP contribution in [0.3, 0.4) is 0 Å². The second-order valence-corrected chi connectivity index (χ2v) is 11.6. The third-order valence-electron chi connectivity index (χ3n) is 8.63. The predicted octanol–water partition coefficient (Wildman–Crippen LogP) is 5.59. The van der Waals surface area contributed by atoms with Gasteiger partial charge in [0.15, 0.2) is 17.6 Å². The summed E-state index contributed by atoms with van der Waals surface area (Å²) in [6.07, 6.45) is 1.52. The van der Waals surface area contributed by atoms with Crippen molar-refractivity contribution in [2.24, 2.45) is 11.8 Å². The highest BCUT2D eigenvalue weighted by Crippen LogP contribution is 2.42. The van der Waals surface area contributed by atoms with Crippen LogP contribution in [0, 0.1) is 11.8 Å². The van der Waals surface area contributed by atoms with Crippen LogP contribution in [-0.4, -0.2) is 57.7 Å². The van der Waals surface area contributed by atoms with E-state index >= 15 is 4.39 Å². The minimum atomic E-state index is -1.47. The predicted molar refractivity (Wildman–Crippen MR) is 152 cm³/mol. The molecule has 0 amide bonds. The lowest BCUT2D eigenvalue weighted by Gasteiger charge is -2.20. The van der Waals surface area contributed by atoms with E-state index in [-0.39, 0.29) is 18.5 Å². The fourth-order valence-corrected chi connectivity index (χ4v) is 6.75. The lowest BCUT2D eigenvalue weighted by molar-refractivity contribution is -0.0742. The molecule has 214 valence electrons. The van der Waals surface area contributed by atoms with Gasteiger partial charge in [0.1, 0.15) is 18.3 Å². The molecular formula is C31H33ClFN5O3. The van der Waals surface area contributed by atoms with Gasteiger partial charge in [-0.2, -0.15) is 4.98 Å². The standard InChI is InChI=1S/C31H33ClFN5O3/c32-31-35-30(37-15-22-12-7-13-23(22)16-37)29-34-14-24(38(29)36-31)27-26(33)28(40-18-21-10-5-2-6-11-21)25(41-27)19-39-17-20-8-3-1-4-9-20/h1-6,8-11,14,22-23,25-28H,7,12-13,15-19H2/t22?,23?,25-,26-,27?,28-/m1/s1. The third-order valence-corrected chi connectivity index (χ3v) is 8.79. The van der Waals surface area contributed by atoms with E-state index in [0.717, 1.165) is 24.2 Å². The smallest absolute Gasteiger partial charge is 0.243 e. The SMILES string of the molecule is F[C@@H]1C(c2cnc3c(N4CC5CCCC5C4)nc(Cl)nn23)O[C@H](COCc2ccccc2)[C@H]1OCc1ccccc1. The van der Waals surface area contributed by atoms with Crippen LogP contribution in [-0.2, 0) is 27.4 Å². The summed E-state index contributed by atoms with van der Waals surface area (Å²) >= 11 is 6.42. The van der Waals surface area contributed by atoms with E-state index in [4.69, 9.17) is 25.8 Å². The van der Waals surface area contributed by atoms with Crippen LogP contribution in [0.5, 0.6) is 0 Å². The van der Waals surface area contributed by atoms with Crippen molar-refractivity contribution in [3.05, 3.63) is 89.0 Å². The first kappa shape index (κ1) is 26.8. The van der Waals surface area contributed by atoms with Gasteiger partial charge in [-0.3, -0.25) is 0 Å². The van der Waals surface area contributed by atoms with Crippen molar-refractivity contribution in [1.82, 2.24) is 19.6 Å². The van der Waals surface area contributed by atoms with Gasteiger partial charge in [-0.1, -0.05) is 67.1 Å². The van der Waals surface area contributed by atoms with Crippen LogP contribution in [0.25, 0.3) is 5.65 Å². The van der Waals surface area contributed by atoms with Crippen LogP contribution >= 0.6 is 11.6 Å². The summed E-state index contributed by atoms with van der Waals surface area (Å²) in [5, 5.41) is 4.52. The molecule has 4 aromatic rings. The normalized spacial score (nSPS) is 27.6. The topological polar surface area (TPSA) is 74.0 Å². The second kappa shape index (κ2) is 11.6. The Morgan fingerprint density at radius 1 is 0.951 bits per heavy atom. The summed E-state index contributed by atoms with van der Waals surface area (Å²) < 4.78 is 36.3. The Kier molecular flexibility index (Phi) is 7.60. The zero-order chi connectivity index (χ0) is 27.8. The van der Waals surface area contributed by atoms with E-state index in [1.807, 2.05) is 60.7 Å². The number of fused-ring (bicyclic) bond motifs is 2. The molecule has 3 fully saturated rings. The molecule has 6 atom stereocenters. The number of hydrogen-bond donors (Lipinski definition) is 0. The van der Waals surface area contributed by atoms with E-state index in [2.05, 4.69) is 20.0 Å². The highest BCUT2D eigenvalue weighted by molar-refractivity contribution is 6.28. The van der Waals surface area contributed by atoms with Gasteiger partial charge < -0.3 is 19.1 Å². The Morgan fingerprint density at radius 3 is 2.34 bits per heavy atom. The van der Waals surface area contributed by atoms with Gasteiger partial charge in [0, 0.05) is 13.1 Å². The highest BCUT2D eigenvalue weighted by atomic mass is 35.5. The number of rotatable bonds is 9. The van der Waals surface area contributed by atoms with Crippen LogP contribution < -0.4 is 4.90 Å². The molecule has 2 aromatic heterocycles. The van der Waals surface area contributed by atoms with Crippen molar-refractivity contribution < 1.29 is 18.6 Å². The lowest BCUT2D eigenvalue weighted by atomic mass is 10.0. The zero-order valence-corrected chi connectivity index (χ0v) is 23.4. The highest BCUT2D eigenvalue weighted by Gasteiger charge is 2.48. The minimum Gasteiger partial charge on any atom is -0.374 e. The number of ether oxygens (including phenoxy) is 3. The maximum absolute atomic E-state index is 16.3. The largest absolute Gasteiger partial charge is 0.374 e. The molecule has 0 spiro atoms. The number of benzene rings is 2. The van der Waals surface area contributed by atoms with Crippen LogP contribution in [0.1, 0.15) is 42.2 Å². The number of nitrogens with zero attached hydrogens (tertiary/aromatic N) is 5. The molecule has 1 aliphatic carbocycles. The van der Waals surface area contributed by atoms with Gasteiger partial charge >= 0.3 is 0 Å². The Morgan fingerprint density at radius 2 is 1.63 bits per heavy atom. The average molecular weight is 578 g/mol. The summed E-state index contributed by atoms with van der Waals surface area (Å²) in [6, 6.07) is 19.6. The Bertz CT molecular complexity index is 1460. The quantitative estimate of drug-likeness (QED) is 0.257. The van der Waals surface area contributed by atoms with Gasteiger partial charge in [-0.15, -0.1) is 5.10 Å². The van der Waals surface area contributed by atoms with Crippen LogP contribution in [0.15, 0.2) is 66.9 Å². The van der Waals surface area contributed by atoms with Gasteiger partial charge in [-0.25, -0.2) is 13.9 Å². The Labute approximate surface area is 243 Å². The van der Waals surface area contributed by atoms with Crippen LogP contribution in [0.4, 0.5) is 10.2 Å². The molecule has 10 heteroatoms. The van der Waals surface area contributed by atoms with Crippen molar-refractivity contribution in [3.63, 3.8) is 0 Å². The molecule has 4 heterocycles. The Balaban J connectivity index is 1.14. The number of imidazole rings is 1. The van der Waals surface area contributed by atoms with E-state index in [0.29, 0.717) is 35.6 Å².